The molecule has 0 aliphatic carbocycles. The fourth-order valence-corrected chi connectivity index (χ4v) is 5.22. The first-order valence-electron chi connectivity index (χ1n) is 10.3. The van der Waals surface area contributed by atoms with Crippen molar-refractivity contribution < 1.29 is 19.0 Å². The first kappa shape index (κ1) is 21.2. The second-order valence-electron chi connectivity index (χ2n) is 7.36. The van der Waals surface area contributed by atoms with Crippen molar-refractivity contribution in [2.45, 2.75) is 32.0 Å². The van der Waals surface area contributed by atoms with Crippen molar-refractivity contribution in [2.24, 2.45) is 0 Å². The van der Waals surface area contributed by atoms with Crippen LogP contribution in [0, 0.1) is 0 Å². The van der Waals surface area contributed by atoms with Crippen LogP contribution >= 0.6 is 23.6 Å². The highest BCUT2D eigenvalue weighted by Gasteiger charge is 2.40. The van der Waals surface area contributed by atoms with E-state index in [1.165, 1.54) is 5.56 Å². The van der Waals surface area contributed by atoms with Crippen molar-refractivity contribution >= 4 is 39.6 Å². The van der Waals surface area contributed by atoms with Crippen LogP contribution in [0.2, 0.25) is 0 Å². The largest absolute Gasteiger partial charge is 0.462 e. The van der Waals surface area contributed by atoms with E-state index in [4.69, 9.17) is 26.4 Å². The fraction of sp³-hybridized carbons (Fsp3) is 0.455. The summed E-state index contributed by atoms with van der Waals surface area (Å²) in [5, 5.41) is 4.64. The third kappa shape index (κ3) is 4.83. The van der Waals surface area contributed by atoms with Gasteiger partial charge >= 0.3 is 5.97 Å². The molecule has 8 heteroatoms. The van der Waals surface area contributed by atoms with Gasteiger partial charge in [0.2, 0.25) is 0 Å². The van der Waals surface area contributed by atoms with Gasteiger partial charge in [-0.1, -0.05) is 30.3 Å². The Morgan fingerprint density at radius 3 is 2.60 bits per heavy atom. The number of anilines is 1. The molecule has 4 rings (SSSR count). The average molecular weight is 447 g/mol. The Bertz CT molecular complexity index is 884. The van der Waals surface area contributed by atoms with Crippen LogP contribution in [0.25, 0.3) is 0 Å². The molecule has 2 fully saturated rings. The molecule has 0 atom stereocenters. The number of thiophene rings is 1. The Morgan fingerprint density at radius 2 is 1.93 bits per heavy atom. The molecule has 6 nitrogen and oxygen atoms in total. The molecule has 2 saturated heterocycles. The summed E-state index contributed by atoms with van der Waals surface area (Å²) >= 11 is 7.20. The molecule has 0 unspecified atom stereocenters. The topological polar surface area (TPSA) is 60.0 Å². The molecular weight excluding hydrogens is 420 g/mol. The zero-order valence-electron chi connectivity index (χ0n) is 17.0. The maximum Gasteiger partial charge on any atom is 0.341 e. The molecular formula is C22H26N2O4S2. The van der Waals surface area contributed by atoms with Crippen molar-refractivity contribution in [2.75, 3.05) is 38.2 Å². The Hall–Kier alpha value is -2.00. The number of rotatable bonds is 5. The summed E-state index contributed by atoms with van der Waals surface area (Å²) in [5.41, 5.74) is 1.73. The molecule has 0 radical (unpaired) electrons. The van der Waals surface area contributed by atoms with Crippen LogP contribution in [0.1, 0.15) is 40.6 Å². The summed E-state index contributed by atoms with van der Waals surface area (Å²) < 4.78 is 16.8. The number of benzene rings is 1. The van der Waals surface area contributed by atoms with E-state index in [1.54, 1.807) is 11.3 Å². The van der Waals surface area contributed by atoms with Crippen molar-refractivity contribution in [3.05, 3.63) is 52.4 Å². The van der Waals surface area contributed by atoms with Crippen molar-refractivity contribution in [1.82, 2.24) is 4.90 Å². The smallest absolute Gasteiger partial charge is 0.341 e. The number of nitrogens with one attached hydrogen (secondary N) is 1. The first-order chi connectivity index (χ1) is 14.6. The molecule has 1 aromatic heterocycles. The van der Waals surface area contributed by atoms with Crippen LogP contribution < -0.4 is 5.32 Å². The lowest BCUT2D eigenvalue weighted by atomic mass is 10.0. The van der Waals surface area contributed by atoms with E-state index in [0.29, 0.717) is 30.5 Å². The molecule has 2 aromatic rings. The molecule has 2 aliphatic heterocycles. The highest BCUT2D eigenvalue weighted by atomic mass is 32.1. The Labute approximate surface area is 186 Å². The van der Waals surface area contributed by atoms with E-state index < -0.39 is 5.79 Å². The number of hydrogen-bond acceptors (Lipinski definition) is 6. The van der Waals surface area contributed by atoms with Crippen LogP contribution in [-0.4, -0.2) is 54.7 Å². The minimum Gasteiger partial charge on any atom is -0.462 e. The van der Waals surface area contributed by atoms with Gasteiger partial charge in [-0.05, 0) is 30.8 Å². The lowest BCUT2D eigenvalue weighted by molar-refractivity contribution is -0.180. The van der Waals surface area contributed by atoms with Crippen molar-refractivity contribution in [3.63, 3.8) is 0 Å². The van der Waals surface area contributed by atoms with Crippen LogP contribution in [0.15, 0.2) is 36.4 Å². The lowest BCUT2D eigenvalue weighted by Gasteiger charge is -2.38. The molecule has 3 heterocycles. The maximum absolute atomic E-state index is 12.5. The molecule has 0 bridgehead atoms. The van der Waals surface area contributed by atoms with Gasteiger partial charge < -0.3 is 24.4 Å². The van der Waals surface area contributed by atoms with Gasteiger partial charge in [0.25, 0.3) is 0 Å². The maximum atomic E-state index is 12.5. The zero-order chi connectivity index (χ0) is 21.0. The van der Waals surface area contributed by atoms with E-state index in [9.17, 15) is 4.79 Å². The van der Waals surface area contributed by atoms with Crippen LogP contribution in [0.4, 0.5) is 5.00 Å². The van der Waals surface area contributed by atoms with Gasteiger partial charge in [0, 0.05) is 37.2 Å². The van der Waals surface area contributed by atoms with E-state index in [1.807, 2.05) is 31.2 Å². The number of carbonyl (C=O) groups is 1. The molecule has 0 amide bonds. The second kappa shape index (κ2) is 9.43. The highest BCUT2D eigenvalue weighted by molar-refractivity contribution is 7.80. The molecule has 30 heavy (non-hydrogen) atoms. The quantitative estimate of drug-likeness (QED) is 0.549. The number of nitrogens with zero attached hydrogens (tertiary/aromatic N) is 1. The standard InChI is InChI=1S/C22H26N2O4S2/c1-2-26-20(25)18-15-17(14-16-6-4-3-5-7-16)30-19(18)23-21(29)24-10-8-22(9-11-24)27-12-13-28-22/h3-7,15H,2,8-14H2,1H3,(H,23,29). The third-order valence-corrected chi connectivity index (χ3v) is 6.76. The molecule has 1 spiro atoms. The number of esters is 1. The Morgan fingerprint density at radius 1 is 1.23 bits per heavy atom. The average Bonchev–Trinajstić information content (AvgIpc) is 3.37. The number of likely N-dealkylation sites (tertiary alicyclic amines) is 1. The van der Waals surface area contributed by atoms with Gasteiger partial charge in [-0.15, -0.1) is 11.3 Å². The summed E-state index contributed by atoms with van der Waals surface area (Å²) in [7, 11) is 0. The summed E-state index contributed by atoms with van der Waals surface area (Å²) in [6.45, 7) is 4.96. The molecule has 1 aromatic carbocycles. The molecule has 0 saturated carbocycles. The lowest BCUT2D eigenvalue weighted by Crippen LogP contribution is -2.48. The Kier molecular flexibility index (Phi) is 6.67. The minimum atomic E-state index is -0.437. The van der Waals surface area contributed by atoms with E-state index in [2.05, 4.69) is 22.3 Å². The summed E-state index contributed by atoms with van der Waals surface area (Å²) in [6.07, 6.45) is 2.32. The number of ether oxygens (including phenoxy) is 3. The molecule has 160 valence electrons. The predicted molar refractivity (Wildman–Crippen MR) is 121 cm³/mol. The van der Waals surface area contributed by atoms with Crippen LogP contribution in [0.3, 0.4) is 0 Å². The predicted octanol–water partition coefficient (Wildman–Crippen LogP) is 4.05. The van der Waals surface area contributed by atoms with E-state index in [0.717, 1.165) is 42.2 Å². The van der Waals surface area contributed by atoms with Gasteiger partial charge in [0.05, 0.1) is 25.4 Å². The van der Waals surface area contributed by atoms with Gasteiger partial charge in [-0.2, -0.15) is 0 Å². The summed E-state index contributed by atoms with van der Waals surface area (Å²) in [6, 6.07) is 12.1. The van der Waals surface area contributed by atoms with Gasteiger partial charge in [-0.3, -0.25) is 0 Å². The van der Waals surface area contributed by atoms with Crippen molar-refractivity contribution in [3.8, 4) is 0 Å². The van der Waals surface area contributed by atoms with Gasteiger partial charge in [0.1, 0.15) is 5.00 Å². The Balaban J connectivity index is 1.46. The SMILES string of the molecule is CCOC(=O)c1cc(Cc2ccccc2)sc1NC(=S)N1CCC2(CC1)OCCO2. The highest BCUT2D eigenvalue weighted by Crippen LogP contribution is 2.33. The fourth-order valence-electron chi connectivity index (χ4n) is 3.79. The zero-order valence-corrected chi connectivity index (χ0v) is 18.7. The number of thiocarbonyl (C=S) groups is 1. The molecule has 1 N–H and O–H groups in total. The summed E-state index contributed by atoms with van der Waals surface area (Å²) in [4.78, 5) is 15.7. The number of piperidine rings is 1. The second-order valence-corrected chi connectivity index (χ2v) is 8.89. The van der Waals surface area contributed by atoms with Gasteiger partial charge in [-0.25, -0.2) is 4.79 Å². The minimum absolute atomic E-state index is 0.330. The number of hydrogen-bond donors (Lipinski definition) is 1. The molecule has 2 aliphatic rings. The normalized spacial score (nSPS) is 17.8. The van der Waals surface area contributed by atoms with E-state index in [-0.39, 0.29) is 5.97 Å². The summed E-state index contributed by atoms with van der Waals surface area (Å²) in [5.74, 6) is -0.766. The first-order valence-corrected chi connectivity index (χ1v) is 11.5. The number of carbonyl (C=O) groups excluding carboxylic acids is 1. The van der Waals surface area contributed by atoms with Crippen LogP contribution in [0.5, 0.6) is 0 Å². The van der Waals surface area contributed by atoms with Gasteiger partial charge in [0.15, 0.2) is 10.9 Å². The van der Waals surface area contributed by atoms with Crippen molar-refractivity contribution in [1.29, 1.82) is 0 Å². The van der Waals surface area contributed by atoms with E-state index >= 15 is 0 Å². The monoisotopic (exact) mass is 446 g/mol. The van der Waals surface area contributed by atoms with Crippen LogP contribution in [-0.2, 0) is 20.6 Å². The third-order valence-electron chi connectivity index (χ3n) is 5.35.